The Labute approximate surface area is 116 Å². The van der Waals surface area contributed by atoms with Gasteiger partial charge in [0.2, 0.25) is 5.95 Å². The highest BCUT2D eigenvalue weighted by Crippen LogP contribution is 2.15. The summed E-state index contributed by atoms with van der Waals surface area (Å²) in [5.41, 5.74) is 1.10. The van der Waals surface area contributed by atoms with Crippen molar-refractivity contribution in [3.8, 4) is 0 Å². The molecule has 0 spiro atoms. The standard InChI is InChI=1S/C14H17F2N3O/c1-10-8-19(14(18-10)17-5-6-20-2)9-11-7-12(15)3-4-13(11)16/h3-4,7-8H,5-6,9H2,1-2H3,(H,17,18). The highest BCUT2D eigenvalue weighted by molar-refractivity contribution is 5.31. The fraction of sp³-hybridized carbons (Fsp3) is 0.357. The molecule has 0 fully saturated rings. The molecule has 2 rings (SSSR count). The molecule has 0 saturated carbocycles. The first-order valence-corrected chi connectivity index (χ1v) is 6.30. The van der Waals surface area contributed by atoms with Crippen LogP contribution in [0.25, 0.3) is 0 Å². The van der Waals surface area contributed by atoms with Crippen molar-refractivity contribution in [1.82, 2.24) is 9.55 Å². The SMILES string of the molecule is COCCNc1nc(C)cn1Cc1cc(F)ccc1F. The second kappa shape index (κ2) is 6.47. The van der Waals surface area contributed by atoms with E-state index < -0.39 is 11.6 Å². The average Bonchev–Trinajstić information content (AvgIpc) is 2.74. The number of aromatic nitrogens is 2. The highest BCUT2D eigenvalue weighted by atomic mass is 19.1. The summed E-state index contributed by atoms with van der Waals surface area (Å²) in [6, 6.07) is 3.44. The van der Waals surface area contributed by atoms with Crippen molar-refractivity contribution in [2.75, 3.05) is 25.6 Å². The molecule has 0 bridgehead atoms. The molecule has 1 aromatic heterocycles. The normalized spacial score (nSPS) is 10.8. The molecule has 0 unspecified atom stereocenters. The summed E-state index contributed by atoms with van der Waals surface area (Å²) in [6.07, 6.45) is 1.79. The number of benzene rings is 1. The molecule has 1 heterocycles. The number of imidazole rings is 1. The number of hydrogen-bond donors (Lipinski definition) is 1. The molecular formula is C14H17F2N3O. The average molecular weight is 281 g/mol. The Kier molecular flexibility index (Phi) is 4.68. The number of aryl methyl sites for hydroxylation is 1. The number of nitrogens with zero attached hydrogens (tertiary/aromatic N) is 2. The molecule has 0 saturated heterocycles. The van der Waals surface area contributed by atoms with E-state index in [9.17, 15) is 8.78 Å². The van der Waals surface area contributed by atoms with Crippen LogP contribution in [0.2, 0.25) is 0 Å². The van der Waals surface area contributed by atoms with Crippen LogP contribution in [0.4, 0.5) is 14.7 Å². The lowest BCUT2D eigenvalue weighted by atomic mass is 10.2. The molecule has 6 heteroatoms. The fourth-order valence-corrected chi connectivity index (χ4v) is 1.92. The van der Waals surface area contributed by atoms with Gasteiger partial charge in [0, 0.05) is 25.4 Å². The number of halogens is 2. The van der Waals surface area contributed by atoms with Gasteiger partial charge in [-0.2, -0.15) is 0 Å². The molecule has 0 aliphatic carbocycles. The Morgan fingerprint density at radius 1 is 1.35 bits per heavy atom. The van der Waals surface area contributed by atoms with E-state index in [0.29, 0.717) is 19.1 Å². The van der Waals surface area contributed by atoms with Crippen LogP contribution in [0.1, 0.15) is 11.3 Å². The van der Waals surface area contributed by atoms with Gasteiger partial charge >= 0.3 is 0 Å². The van der Waals surface area contributed by atoms with Crippen molar-refractivity contribution in [1.29, 1.82) is 0 Å². The van der Waals surface area contributed by atoms with Gasteiger partial charge < -0.3 is 14.6 Å². The lowest BCUT2D eigenvalue weighted by Gasteiger charge is -2.10. The number of nitrogens with one attached hydrogen (secondary N) is 1. The fourth-order valence-electron chi connectivity index (χ4n) is 1.92. The van der Waals surface area contributed by atoms with Crippen LogP contribution >= 0.6 is 0 Å². The summed E-state index contributed by atoms with van der Waals surface area (Å²) < 4.78 is 33.5. The van der Waals surface area contributed by atoms with Crippen molar-refractivity contribution in [3.05, 3.63) is 47.3 Å². The Morgan fingerprint density at radius 3 is 2.90 bits per heavy atom. The van der Waals surface area contributed by atoms with E-state index in [1.165, 1.54) is 6.07 Å². The van der Waals surface area contributed by atoms with E-state index in [1.807, 2.05) is 6.92 Å². The van der Waals surface area contributed by atoms with Gasteiger partial charge in [0.1, 0.15) is 11.6 Å². The Hall–Kier alpha value is -1.95. The second-order valence-electron chi connectivity index (χ2n) is 4.49. The molecule has 2 aromatic rings. The summed E-state index contributed by atoms with van der Waals surface area (Å²) in [7, 11) is 1.61. The lowest BCUT2D eigenvalue weighted by Crippen LogP contribution is -2.13. The van der Waals surface area contributed by atoms with Crippen LogP contribution in [0, 0.1) is 18.6 Å². The molecular weight excluding hydrogens is 264 g/mol. The molecule has 108 valence electrons. The zero-order valence-corrected chi connectivity index (χ0v) is 11.5. The van der Waals surface area contributed by atoms with Crippen molar-refractivity contribution in [2.45, 2.75) is 13.5 Å². The zero-order chi connectivity index (χ0) is 14.5. The molecule has 4 nitrogen and oxygen atoms in total. The van der Waals surface area contributed by atoms with Crippen LogP contribution in [0.15, 0.2) is 24.4 Å². The third kappa shape index (κ3) is 3.54. The van der Waals surface area contributed by atoms with Gasteiger partial charge in [0.15, 0.2) is 0 Å². The first kappa shape index (κ1) is 14.5. The number of anilines is 1. The summed E-state index contributed by atoms with van der Waals surface area (Å²) in [5.74, 6) is -0.268. The van der Waals surface area contributed by atoms with Crippen molar-refractivity contribution < 1.29 is 13.5 Å². The summed E-state index contributed by atoms with van der Waals surface area (Å²) >= 11 is 0. The van der Waals surface area contributed by atoms with Gasteiger partial charge in [-0.1, -0.05) is 0 Å². The van der Waals surface area contributed by atoms with E-state index >= 15 is 0 Å². The Morgan fingerprint density at radius 2 is 2.15 bits per heavy atom. The molecule has 1 N–H and O–H groups in total. The Balaban J connectivity index is 2.17. The Bertz CT molecular complexity index is 584. The van der Waals surface area contributed by atoms with Crippen LogP contribution in [-0.4, -0.2) is 29.8 Å². The van der Waals surface area contributed by atoms with Gasteiger partial charge in [-0.3, -0.25) is 0 Å². The highest BCUT2D eigenvalue weighted by Gasteiger charge is 2.09. The lowest BCUT2D eigenvalue weighted by molar-refractivity contribution is 0.210. The van der Waals surface area contributed by atoms with E-state index in [0.717, 1.165) is 17.8 Å². The zero-order valence-electron chi connectivity index (χ0n) is 11.5. The first-order chi connectivity index (χ1) is 9.60. The third-order valence-corrected chi connectivity index (χ3v) is 2.83. The van der Waals surface area contributed by atoms with E-state index in [2.05, 4.69) is 10.3 Å². The number of ether oxygens (including phenoxy) is 1. The maximum Gasteiger partial charge on any atom is 0.203 e. The summed E-state index contributed by atoms with van der Waals surface area (Å²) in [6.45, 7) is 3.21. The van der Waals surface area contributed by atoms with Crippen LogP contribution in [0.3, 0.4) is 0 Å². The van der Waals surface area contributed by atoms with Crippen LogP contribution < -0.4 is 5.32 Å². The minimum atomic E-state index is -0.452. The van der Waals surface area contributed by atoms with Gasteiger partial charge in [0.05, 0.1) is 18.8 Å². The quantitative estimate of drug-likeness (QED) is 0.827. The number of methoxy groups -OCH3 is 1. The smallest absolute Gasteiger partial charge is 0.203 e. The maximum atomic E-state index is 13.7. The summed E-state index contributed by atoms with van der Waals surface area (Å²) in [4.78, 5) is 4.31. The van der Waals surface area contributed by atoms with Gasteiger partial charge in [-0.15, -0.1) is 0 Å². The minimum Gasteiger partial charge on any atom is -0.383 e. The first-order valence-electron chi connectivity index (χ1n) is 6.30. The van der Waals surface area contributed by atoms with Gasteiger partial charge in [0.25, 0.3) is 0 Å². The van der Waals surface area contributed by atoms with Gasteiger partial charge in [-0.05, 0) is 25.1 Å². The third-order valence-electron chi connectivity index (χ3n) is 2.83. The molecule has 0 amide bonds. The molecule has 0 atom stereocenters. The number of hydrogen-bond acceptors (Lipinski definition) is 3. The van der Waals surface area contributed by atoms with Crippen molar-refractivity contribution in [3.63, 3.8) is 0 Å². The number of rotatable bonds is 6. The van der Waals surface area contributed by atoms with Gasteiger partial charge in [-0.25, -0.2) is 13.8 Å². The van der Waals surface area contributed by atoms with E-state index in [-0.39, 0.29) is 12.1 Å². The van der Waals surface area contributed by atoms with E-state index in [1.54, 1.807) is 17.9 Å². The van der Waals surface area contributed by atoms with Crippen molar-refractivity contribution >= 4 is 5.95 Å². The predicted octanol–water partition coefficient (Wildman–Crippen LogP) is 2.58. The second-order valence-corrected chi connectivity index (χ2v) is 4.49. The monoisotopic (exact) mass is 281 g/mol. The molecule has 0 radical (unpaired) electrons. The van der Waals surface area contributed by atoms with E-state index in [4.69, 9.17) is 4.74 Å². The largest absolute Gasteiger partial charge is 0.383 e. The molecule has 0 aliphatic rings. The predicted molar refractivity (Wildman–Crippen MR) is 72.8 cm³/mol. The molecule has 20 heavy (non-hydrogen) atoms. The topological polar surface area (TPSA) is 39.1 Å². The van der Waals surface area contributed by atoms with Crippen LogP contribution in [0.5, 0.6) is 0 Å². The van der Waals surface area contributed by atoms with Crippen LogP contribution in [-0.2, 0) is 11.3 Å². The van der Waals surface area contributed by atoms with Crippen molar-refractivity contribution in [2.24, 2.45) is 0 Å². The molecule has 0 aliphatic heterocycles. The summed E-state index contributed by atoms with van der Waals surface area (Å²) in [5, 5.41) is 3.10. The minimum absolute atomic E-state index is 0.222. The maximum absolute atomic E-state index is 13.7. The molecule has 1 aromatic carbocycles.